The first-order valence-corrected chi connectivity index (χ1v) is 6.54. The lowest BCUT2D eigenvalue weighted by Gasteiger charge is -2.12. The van der Waals surface area contributed by atoms with E-state index in [1.165, 1.54) is 6.07 Å². The van der Waals surface area contributed by atoms with Gasteiger partial charge in [-0.05, 0) is 40.5 Å². The predicted octanol–water partition coefficient (Wildman–Crippen LogP) is 3.08. The van der Waals surface area contributed by atoms with Gasteiger partial charge in [-0.15, -0.1) is 0 Å². The summed E-state index contributed by atoms with van der Waals surface area (Å²) in [6, 6.07) is 4.53. The average molecular weight is 313 g/mol. The van der Waals surface area contributed by atoms with E-state index in [4.69, 9.17) is 0 Å². The van der Waals surface area contributed by atoms with Crippen molar-refractivity contribution in [3.05, 3.63) is 52.3 Å². The van der Waals surface area contributed by atoms with Crippen molar-refractivity contribution in [2.24, 2.45) is 0 Å². The molecule has 0 fully saturated rings. The number of imidazole rings is 1. The van der Waals surface area contributed by atoms with Crippen LogP contribution in [-0.4, -0.2) is 14.7 Å². The molecule has 18 heavy (non-hydrogen) atoms. The third kappa shape index (κ3) is 2.79. The second-order valence-corrected chi connectivity index (χ2v) is 4.88. The smallest absolute Gasteiger partial charge is 0.137 e. The van der Waals surface area contributed by atoms with E-state index in [2.05, 4.69) is 20.9 Å². The number of halogens is 2. The van der Waals surface area contributed by atoms with Gasteiger partial charge in [0.15, 0.2) is 0 Å². The number of benzene rings is 1. The highest BCUT2D eigenvalue weighted by Crippen LogP contribution is 2.23. The molecule has 1 N–H and O–H groups in total. The molecule has 0 aliphatic carbocycles. The molecule has 1 aromatic heterocycles. The highest BCUT2D eigenvalue weighted by molar-refractivity contribution is 9.10. The summed E-state index contributed by atoms with van der Waals surface area (Å²) in [5, 5.41) is 10.1. The fourth-order valence-corrected chi connectivity index (χ4v) is 2.22. The van der Waals surface area contributed by atoms with Crippen LogP contribution in [0.15, 0.2) is 35.1 Å². The van der Waals surface area contributed by atoms with Crippen LogP contribution in [0.1, 0.15) is 24.4 Å². The zero-order chi connectivity index (χ0) is 13.1. The Kier molecular flexibility index (Phi) is 4.14. The van der Waals surface area contributed by atoms with Crippen molar-refractivity contribution in [1.29, 1.82) is 0 Å². The lowest BCUT2D eigenvalue weighted by molar-refractivity contribution is 0.174. The van der Waals surface area contributed by atoms with Gasteiger partial charge in [-0.3, -0.25) is 0 Å². The van der Waals surface area contributed by atoms with E-state index in [0.717, 1.165) is 12.4 Å². The molecule has 0 saturated carbocycles. The van der Waals surface area contributed by atoms with Gasteiger partial charge in [-0.25, -0.2) is 9.37 Å². The van der Waals surface area contributed by atoms with E-state index in [0.29, 0.717) is 16.5 Å². The molecule has 0 bridgehead atoms. The van der Waals surface area contributed by atoms with Crippen molar-refractivity contribution in [2.75, 3.05) is 0 Å². The average Bonchev–Trinajstić information content (AvgIpc) is 2.79. The molecular weight excluding hydrogens is 299 g/mol. The maximum atomic E-state index is 13.1. The molecule has 3 nitrogen and oxygen atoms in total. The van der Waals surface area contributed by atoms with Gasteiger partial charge >= 0.3 is 0 Å². The molecular formula is C13H14BrFN2O. The van der Waals surface area contributed by atoms with Crippen LogP contribution in [0.2, 0.25) is 0 Å². The van der Waals surface area contributed by atoms with Gasteiger partial charge < -0.3 is 9.67 Å². The van der Waals surface area contributed by atoms with Crippen LogP contribution in [0.5, 0.6) is 0 Å². The van der Waals surface area contributed by atoms with Crippen LogP contribution < -0.4 is 0 Å². The quantitative estimate of drug-likeness (QED) is 0.942. The van der Waals surface area contributed by atoms with E-state index in [-0.39, 0.29) is 5.82 Å². The van der Waals surface area contributed by atoms with Crippen LogP contribution in [0.25, 0.3) is 0 Å². The summed E-state index contributed by atoms with van der Waals surface area (Å²) in [6.07, 6.45) is 3.32. The third-order valence-corrected chi connectivity index (χ3v) is 3.45. The molecule has 96 valence electrons. The van der Waals surface area contributed by atoms with E-state index in [9.17, 15) is 9.50 Å². The van der Waals surface area contributed by atoms with Gasteiger partial charge in [0.05, 0.1) is 10.6 Å². The Bertz CT molecular complexity index is 542. The summed E-state index contributed by atoms with van der Waals surface area (Å²) in [7, 11) is 0. The first-order chi connectivity index (χ1) is 8.61. The van der Waals surface area contributed by atoms with Gasteiger partial charge in [0, 0.05) is 25.4 Å². The Labute approximate surface area is 113 Å². The summed E-state index contributed by atoms with van der Waals surface area (Å²) < 4.78 is 15.4. The van der Waals surface area contributed by atoms with Crippen LogP contribution in [0.4, 0.5) is 4.39 Å². The number of aliphatic hydroxyl groups excluding tert-OH is 1. The summed E-state index contributed by atoms with van der Waals surface area (Å²) in [6.45, 7) is 2.83. The third-order valence-electron chi connectivity index (χ3n) is 2.85. The normalized spacial score (nSPS) is 12.7. The lowest BCUT2D eigenvalue weighted by atomic mass is 10.1. The van der Waals surface area contributed by atoms with Crippen molar-refractivity contribution in [3.8, 4) is 0 Å². The number of aromatic nitrogens is 2. The Morgan fingerprint density at radius 1 is 1.50 bits per heavy atom. The maximum absolute atomic E-state index is 13.1. The van der Waals surface area contributed by atoms with E-state index < -0.39 is 6.10 Å². The fourth-order valence-electron chi connectivity index (χ4n) is 1.83. The minimum Gasteiger partial charge on any atom is -0.388 e. The molecule has 0 spiro atoms. The van der Waals surface area contributed by atoms with E-state index in [1.807, 2.05) is 17.7 Å². The van der Waals surface area contributed by atoms with Crippen LogP contribution in [0.3, 0.4) is 0 Å². The molecule has 1 atom stereocenters. The SMILES string of the molecule is CCn1ccnc1CC(O)c1ccc(F)c(Br)c1. The second-order valence-electron chi connectivity index (χ2n) is 4.02. The second kappa shape index (κ2) is 5.63. The molecule has 0 saturated heterocycles. The molecule has 2 aromatic rings. The fraction of sp³-hybridized carbons (Fsp3) is 0.308. The zero-order valence-electron chi connectivity index (χ0n) is 9.98. The standard InChI is InChI=1S/C13H14BrFN2O/c1-2-17-6-5-16-13(17)8-12(18)9-3-4-11(15)10(14)7-9/h3-7,12,18H,2,8H2,1H3. The lowest BCUT2D eigenvalue weighted by Crippen LogP contribution is -2.08. The first-order valence-electron chi connectivity index (χ1n) is 5.74. The van der Waals surface area contributed by atoms with Crippen molar-refractivity contribution in [2.45, 2.75) is 26.0 Å². The van der Waals surface area contributed by atoms with Gasteiger partial charge in [-0.2, -0.15) is 0 Å². The molecule has 2 rings (SSSR count). The minimum absolute atomic E-state index is 0.332. The largest absolute Gasteiger partial charge is 0.388 e. The topological polar surface area (TPSA) is 38.0 Å². The van der Waals surface area contributed by atoms with Gasteiger partial charge in [-0.1, -0.05) is 6.07 Å². The van der Waals surface area contributed by atoms with Crippen molar-refractivity contribution >= 4 is 15.9 Å². The van der Waals surface area contributed by atoms with Crippen molar-refractivity contribution < 1.29 is 9.50 Å². The monoisotopic (exact) mass is 312 g/mol. The predicted molar refractivity (Wildman–Crippen MR) is 70.7 cm³/mol. The molecule has 0 aliphatic rings. The minimum atomic E-state index is -0.686. The molecule has 0 amide bonds. The zero-order valence-corrected chi connectivity index (χ0v) is 11.6. The Morgan fingerprint density at radius 3 is 2.94 bits per heavy atom. The van der Waals surface area contributed by atoms with E-state index in [1.54, 1.807) is 18.3 Å². The van der Waals surface area contributed by atoms with Gasteiger partial charge in [0.25, 0.3) is 0 Å². The van der Waals surface area contributed by atoms with E-state index >= 15 is 0 Å². The highest BCUT2D eigenvalue weighted by Gasteiger charge is 2.13. The first kappa shape index (κ1) is 13.2. The summed E-state index contributed by atoms with van der Waals surface area (Å²) in [5.74, 6) is 0.492. The molecule has 1 aromatic carbocycles. The molecule has 0 radical (unpaired) electrons. The van der Waals surface area contributed by atoms with Crippen LogP contribution >= 0.6 is 15.9 Å². The maximum Gasteiger partial charge on any atom is 0.137 e. The molecule has 1 unspecified atom stereocenters. The summed E-state index contributed by atoms with van der Waals surface area (Å²) in [5.41, 5.74) is 0.675. The highest BCUT2D eigenvalue weighted by atomic mass is 79.9. The molecule has 1 heterocycles. The Balaban J connectivity index is 2.16. The molecule has 0 aliphatic heterocycles. The Hall–Kier alpha value is -1.20. The van der Waals surface area contributed by atoms with Gasteiger partial charge in [0.1, 0.15) is 11.6 Å². The number of rotatable bonds is 4. The molecule has 5 heteroatoms. The Morgan fingerprint density at radius 2 is 2.28 bits per heavy atom. The number of aryl methyl sites for hydroxylation is 1. The number of aliphatic hydroxyl groups is 1. The van der Waals surface area contributed by atoms with Crippen molar-refractivity contribution in [3.63, 3.8) is 0 Å². The number of hydrogen-bond donors (Lipinski definition) is 1. The summed E-state index contributed by atoms with van der Waals surface area (Å²) in [4.78, 5) is 4.21. The van der Waals surface area contributed by atoms with Gasteiger partial charge in [0.2, 0.25) is 0 Å². The summed E-state index contributed by atoms with van der Waals surface area (Å²) >= 11 is 3.11. The van der Waals surface area contributed by atoms with Crippen LogP contribution in [-0.2, 0) is 13.0 Å². The number of hydrogen-bond acceptors (Lipinski definition) is 2. The number of nitrogens with zero attached hydrogens (tertiary/aromatic N) is 2. The van der Waals surface area contributed by atoms with Crippen LogP contribution in [0, 0.1) is 5.82 Å². The van der Waals surface area contributed by atoms with Crippen molar-refractivity contribution in [1.82, 2.24) is 9.55 Å².